The van der Waals surface area contributed by atoms with Gasteiger partial charge in [-0.2, -0.15) is 14.6 Å². The first-order chi connectivity index (χ1) is 21.0. The summed E-state index contributed by atoms with van der Waals surface area (Å²) in [5.74, 6) is 2.18. The standard InChI is InChI=1S/C34H33N5O3S/c1-4-6-19-41-28-15-12-24(13-16-28)32-35-34-39(37-32)33(40)30(43-34)21-26-22-38(27-10-8-7-9-11-27)36-31(26)25-14-17-29(23(3)20-25)42-18-5-2/h7-17,20-22H,4-6,18-19H2,1-3H3. The maximum Gasteiger partial charge on any atom is 0.291 e. The zero-order valence-corrected chi connectivity index (χ0v) is 25.3. The quantitative estimate of drug-likeness (QED) is 0.160. The molecule has 8 nitrogen and oxygen atoms in total. The number of thiazole rings is 1. The van der Waals surface area contributed by atoms with Gasteiger partial charge in [-0.3, -0.25) is 4.79 Å². The second-order valence-corrected chi connectivity index (χ2v) is 11.3. The fourth-order valence-corrected chi connectivity index (χ4v) is 5.63. The van der Waals surface area contributed by atoms with Crippen LogP contribution in [0.5, 0.6) is 11.5 Å². The number of aromatic nitrogens is 5. The van der Waals surface area contributed by atoms with Gasteiger partial charge < -0.3 is 9.47 Å². The molecule has 0 aliphatic heterocycles. The van der Waals surface area contributed by atoms with Crippen LogP contribution in [-0.4, -0.2) is 37.6 Å². The second-order valence-electron chi connectivity index (χ2n) is 10.3. The van der Waals surface area contributed by atoms with E-state index in [1.165, 1.54) is 15.9 Å². The van der Waals surface area contributed by atoms with E-state index in [1.807, 2.05) is 90.6 Å². The van der Waals surface area contributed by atoms with Crippen molar-refractivity contribution in [1.82, 2.24) is 24.4 Å². The van der Waals surface area contributed by atoms with Crippen molar-refractivity contribution in [2.45, 2.75) is 40.0 Å². The van der Waals surface area contributed by atoms with Crippen molar-refractivity contribution in [3.63, 3.8) is 0 Å². The Morgan fingerprint density at radius 2 is 1.67 bits per heavy atom. The van der Waals surface area contributed by atoms with E-state index >= 15 is 0 Å². The highest BCUT2D eigenvalue weighted by molar-refractivity contribution is 7.15. The molecule has 0 spiro atoms. The first-order valence-electron chi connectivity index (χ1n) is 14.6. The summed E-state index contributed by atoms with van der Waals surface area (Å²) in [4.78, 5) is 18.7. The molecule has 43 heavy (non-hydrogen) atoms. The maximum atomic E-state index is 13.5. The number of unbranched alkanes of at least 4 members (excludes halogenated alkanes) is 1. The molecule has 0 unspecified atom stereocenters. The van der Waals surface area contributed by atoms with Gasteiger partial charge >= 0.3 is 0 Å². The Bertz CT molecular complexity index is 1960. The van der Waals surface area contributed by atoms with Gasteiger partial charge in [0.25, 0.3) is 5.56 Å². The molecule has 0 aliphatic carbocycles. The molecule has 3 aromatic carbocycles. The van der Waals surface area contributed by atoms with Crippen LogP contribution in [0.1, 0.15) is 44.2 Å². The van der Waals surface area contributed by atoms with Crippen molar-refractivity contribution in [2.24, 2.45) is 0 Å². The maximum absolute atomic E-state index is 13.5. The Kier molecular flexibility index (Phi) is 8.33. The van der Waals surface area contributed by atoms with Crippen LogP contribution in [0.2, 0.25) is 0 Å². The normalized spacial score (nSPS) is 11.8. The largest absolute Gasteiger partial charge is 0.494 e. The number of rotatable bonds is 11. The molecule has 0 fully saturated rings. The van der Waals surface area contributed by atoms with Crippen molar-refractivity contribution in [2.75, 3.05) is 13.2 Å². The lowest BCUT2D eigenvalue weighted by Crippen LogP contribution is -2.23. The van der Waals surface area contributed by atoms with E-state index < -0.39 is 0 Å². The van der Waals surface area contributed by atoms with E-state index in [9.17, 15) is 4.79 Å². The smallest absolute Gasteiger partial charge is 0.291 e. The Hall–Kier alpha value is -4.76. The molecule has 6 rings (SSSR count). The zero-order chi connectivity index (χ0) is 29.8. The van der Waals surface area contributed by atoms with Crippen LogP contribution in [0.15, 0.2) is 83.8 Å². The van der Waals surface area contributed by atoms with E-state index in [4.69, 9.17) is 14.6 Å². The van der Waals surface area contributed by atoms with Crippen LogP contribution in [0.4, 0.5) is 0 Å². The topological polar surface area (TPSA) is 83.5 Å². The van der Waals surface area contributed by atoms with Gasteiger partial charge in [0.15, 0.2) is 5.82 Å². The molecule has 0 aliphatic rings. The van der Waals surface area contributed by atoms with Crippen molar-refractivity contribution in [1.29, 1.82) is 0 Å². The van der Waals surface area contributed by atoms with Crippen LogP contribution in [0.3, 0.4) is 0 Å². The average Bonchev–Trinajstić information content (AvgIpc) is 3.72. The number of ether oxygens (including phenoxy) is 2. The lowest BCUT2D eigenvalue weighted by molar-refractivity contribution is 0.309. The van der Waals surface area contributed by atoms with Crippen molar-refractivity contribution in [3.05, 3.63) is 105 Å². The number of para-hydroxylation sites is 1. The van der Waals surface area contributed by atoms with Gasteiger partial charge in [-0.25, -0.2) is 4.68 Å². The summed E-state index contributed by atoms with van der Waals surface area (Å²) in [5, 5.41) is 9.47. The molecule has 0 radical (unpaired) electrons. The highest BCUT2D eigenvalue weighted by Gasteiger charge is 2.16. The highest BCUT2D eigenvalue weighted by Crippen LogP contribution is 2.29. The number of aryl methyl sites for hydroxylation is 1. The molecule has 3 aromatic heterocycles. The molecule has 0 amide bonds. The molecule has 0 saturated carbocycles. The fraction of sp³-hybridized carbons (Fsp3) is 0.235. The Morgan fingerprint density at radius 1 is 0.884 bits per heavy atom. The molecule has 0 saturated heterocycles. The first-order valence-corrected chi connectivity index (χ1v) is 15.4. The van der Waals surface area contributed by atoms with E-state index in [-0.39, 0.29) is 5.56 Å². The van der Waals surface area contributed by atoms with E-state index in [0.717, 1.165) is 64.4 Å². The van der Waals surface area contributed by atoms with E-state index in [2.05, 4.69) is 30.0 Å². The lowest BCUT2D eigenvalue weighted by Gasteiger charge is -2.09. The summed E-state index contributed by atoms with van der Waals surface area (Å²) < 4.78 is 15.4. The van der Waals surface area contributed by atoms with Gasteiger partial charge in [0.1, 0.15) is 17.2 Å². The van der Waals surface area contributed by atoms with Crippen molar-refractivity contribution < 1.29 is 9.47 Å². The Balaban J connectivity index is 1.36. The molecule has 0 N–H and O–H groups in total. The molecule has 9 heteroatoms. The highest BCUT2D eigenvalue weighted by atomic mass is 32.1. The average molecular weight is 592 g/mol. The van der Waals surface area contributed by atoms with Crippen LogP contribution in [0.25, 0.3) is 39.4 Å². The molecule has 0 bridgehead atoms. The van der Waals surface area contributed by atoms with Crippen LogP contribution >= 0.6 is 11.3 Å². The number of hydrogen-bond acceptors (Lipinski definition) is 7. The number of hydrogen-bond donors (Lipinski definition) is 0. The third-order valence-corrected chi connectivity index (χ3v) is 7.98. The van der Waals surface area contributed by atoms with Gasteiger partial charge in [0, 0.05) is 22.9 Å². The lowest BCUT2D eigenvalue weighted by atomic mass is 10.0. The third kappa shape index (κ3) is 6.08. The summed E-state index contributed by atoms with van der Waals surface area (Å²) in [7, 11) is 0. The minimum absolute atomic E-state index is 0.212. The molecule has 3 heterocycles. The number of nitrogens with zero attached hydrogens (tertiary/aromatic N) is 5. The van der Waals surface area contributed by atoms with Crippen molar-refractivity contribution in [3.8, 4) is 39.8 Å². The van der Waals surface area contributed by atoms with Crippen LogP contribution in [0, 0.1) is 6.92 Å². The van der Waals surface area contributed by atoms with Gasteiger partial charge in [-0.05, 0) is 86.0 Å². The second kappa shape index (κ2) is 12.6. The molecular formula is C34H33N5O3S. The monoisotopic (exact) mass is 591 g/mol. The molecule has 218 valence electrons. The van der Waals surface area contributed by atoms with Gasteiger partial charge in [0.05, 0.1) is 23.4 Å². The Morgan fingerprint density at radius 3 is 2.40 bits per heavy atom. The van der Waals surface area contributed by atoms with Gasteiger partial charge in [-0.15, -0.1) is 5.10 Å². The predicted octanol–water partition coefficient (Wildman–Crippen LogP) is 6.49. The van der Waals surface area contributed by atoms with Crippen LogP contribution < -0.4 is 19.6 Å². The summed E-state index contributed by atoms with van der Waals surface area (Å²) >= 11 is 1.31. The summed E-state index contributed by atoms with van der Waals surface area (Å²) in [5.41, 5.74) is 5.12. The molecule has 6 aromatic rings. The predicted molar refractivity (Wildman–Crippen MR) is 171 cm³/mol. The summed E-state index contributed by atoms with van der Waals surface area (Å²) in [6, 6.07) is 23.7. The SMILES string of the molecule is CCCCOc1ccc(-c2nc3sc(=Cc4cn(-c5ccccc5)nc4-c4ccc(OCCC)c(C)c4)c(=O)n3n2)cc1. The summed E-state index contributed by atoms with van der Waals surface area (Å²) in [6.45, 7) is 7.62. The zero-order valence-electron chi connectivity index (χ0n) is 24.5. The number of benzene rings is 3. The fourth-order valence-electron chi connectivity index (χ4n) is 4.73. The van der Waals surface area contributed by atoms with Gasteiger partial charge in [0.2, 0.25) is 4.96 Å². The molecular weight excluding hydrogens is 558 g/mol. The van der Waals surface area contributed by atoms with E-state index in [0.29, 0.717) is 28.5 Å². The van der Waals surface area contributed by atoms with E-state index in [1.54, 1.807) is 0 Å². The van der Waals surface area contributed by atoms with Gasteiger partial charge in [-0.1, -0.05) is 49.8 Å². The van der Waals surface area contributed by atoms with Crippen molar-refractivity contribution >= 4 is 22.4 Å². The first kappa shape index (κ1) is 28.4. The van der Waals surface area contributed by atoms with Crippen LogP contribution in [-0.2, 0) is 0 Å². The Labute approximate surface area is 253 Å². The number of fused-ring (bicyclic) bond motifs is 1. The minimum Gasteiger partial charge on any atom is -0.494 e. The minimum atomic E-state index is -0.212. The third-order valence-electron chi connectivity index (χ3n) is 7.02. The molecule has 0 atom stereocenters. The summed E-state index contributed by atoms with van der Waals surface area (Å²) in [6.07, 6.45) is 6.87.